The number of likely N-dealkylation sites (tertiary alicyclic amines) is 1. The minimum Gasteiger partial charge on any atom is -0.354 e. The Hall–Kier alpha value is -1.92. The molecule has 1 aromatic heterocycles. The van der Waals surface area contributed by atoms with Gasteiger partial charge in [0.15, 0.2) is 0 Å². The predicted octanol–water partition coefficient (Wildman–Crippen LogP) is 0.0429. The summed E-state index contributed by atoms with van der Waals surface area (Å²) in [4.78, 5) is 25.9. The lowest BCUT2D eigenvalue weighted by atomic mass is 9.97. The first-order valence-corrected chi connectivity index (χ1v) is 7.62. The monoisotopic (exact) mass is 291 g/mol. The van der Waals surface area contributed by atoms with Gasteiger partial charge in [0, 0.05) is 31.7 Å². The fourth-order valence-corrected chi connectivity index (χ4v) is 2.80. The molecule has 1 aliphatic heterocycles. The molecule has 2 heterocycles. The summed E-state index contributed by atoms with van der Waals surface area (Å²) in [6.07, 6.45) is 7.41. The first kappa shape index (κ1) is 14.0. The Morgan fingerprint density at radius 2 is 2.14 bits per heavy atom. The molecule has 1 atom stereocenters. The van der Waals surface area contributed by atoms with Gasteiger partial charge >= 0.3 is 0 Å². The van der Waals surface area contributed by atoms with Gasteiger partial charge in [0.2, 0.25) is 11.8 Å². The van der Waals surface area contributed by atoms with Gasteiger partial charge in [-0.2, -0.15) is 0 Å². The molecule has 1 saturated carbocycles. The third kappa shape index (κ3) is 3.80. The Bertz CT molecular complexity index is 497. The van der Waals surface area contributed by atoms with Crippen molar-refractivity contribution in [2.75, 3.05) is 19.6 Å². The summed E-state index contributed by atoms with van der Waals surface area (Å²) in [7, 11) is 0. The van der Waals surface area contributed by atoms with E-state index in [1.165, 1.54) is 4.68 Å². The topological polar surface area (TPSA) is 80.1 Å². The summed E-state index contributed by atoms with van der Waals surface area (Å²) in [6, 6.07) is 0. The van der Waals surface area contributed by atoms with Crippen LogP contribution in [0.3, 0.4) is 0 Å². The number of nitrogens with one attached hydrogen (secondary N) is 1. The molecule has 3 rings (SSSR count). The summed E-state index contributed by atoms with van der Waals surface area (Å²) in [6.45, 7) is 2.47. The van der Waals surface area contributed by atoms with Gasteiger partial charge in [-0.1, -0.05) is 5.21 Å². The molecule has 21 heavy (non-hydrogen) atoms. The molecule has 0 spiro atoms. The van der Waals surface area contributed by atoms with Crippen molar-refractivity contribution in [2.45, 2.75) is 32.2 Å². The molecule has 1 N–H and O–H groups in total. The number of hydrogen-bond donors (Lipinski definition) is 1. The van der Waals surface area contributed by atoms with E-state index in [0.717, 1.165) is 38.8 Å². The van der Waals surface area contributed by atoms with Gasteiger partial charge in [-0.3, -0.25) is 9.59 Å². The molecule has 0 bridgehead atoms. The van der Waals surface area contributed by atoms with Crippen molar-refractivity contribution >= 4 is 11.8 Å². The Kier molecular flexibility index (Phi) is 4.17. The number of piperidine rings is 1. The Balaban J connectivity index is 1.42. The van der Waals surface area contributed by atoms with Crippen LogP contribution in [0.15, 0.2) is 12.4 Å². The third-order valence-corrected chi connectivity index (χ3v) is 4.12. The van der Waals surface area contributed by atoms with E-state index in [4.69, 9.17) is 0 Å². The first-order valence-electron chi connectivity index (χ1n) is 7.62. The summed E-state index contributed by atoms with van der Waals surface area (Å²) >= 11 is 0. The van der Waals surface area contributed by atoms with Crippen LogP contribution in [-0.2, 0) is 16.1 Å². The zero-order valence-corrected chi connectivity index (χ0v) is 12.1. The largest absolute Gasteiger partial charge is 0.354 e. The number of carbonyl (C=O) groups excluding carboxylic acids is 2. The van der Waals surface area contributed by atoms with E-state index in [9.17, 15) is 9.59 Å². The fraction of sp³-hybridized carbons (Fsp3) is 0.714. The second-order valence-electron chi connectivity index (χ2n) is 5.97. The fourth-order valence-electron chi connectivity index (χ4n) is 2.80. The van der Waals surface area contributed by atoms with Crippen LogP contribution >= 0.6 is 0 Å². The zero-order chi connectivity index (χ0) is 14.7. The number of amides is 2. The molecule has 0 aromatic carbocycles. The van der Waals surface area contributed by atoms with Crippen LogP contribution < -0.4 is 5.32 Å². The van der Waals surface area contributed by atoms with Crippen molar-refractivity contribution in [3.63, 3.8) is 0 Å². The van der Waals surface area contributed by atoms with Gasteiger partial charge in [-0.25, -0.2) is 4.68 Å². The average molecular weight is 291 g/mol. The minimum absolute atomic E-state index is 0.0638. The van der Waals surface area contributed by atoms with Crippen LogP contribution in [0.25, 0.3) is 0 Å². The van der Waals surface area contributed by atoms with E-state index in [-0.39, 0.29) is 18.4 Å². The van der Waals surface area contributed by atoms with Crippen molar-refractivity contribution in [3.05, 3.63) is 12.4 Å². The lowest BCUT2D eigenvalue weighted by Crippen LogP contribution is -2.44. The Morgan fingerprint density at radius 1 is 1.29 bits per heavy atom. The molecule has 7 heteroatoms. The van der Waals surface area contributed by atoms with Crippen LogP contribution in [0.1, 0.15) is 25.7 Å². The standard InChI is InChI=1S/C14H21N5O2/c20-13(10-19-7-5-16-17-19)15-8-11-2-1-6-18(9-11)14(21)12-3-4-12/h5,7,11-12H,1-4,6,8-10H2,(H,15,20)/t11-/m0/s1. The van der Waals surface area contributed by atoms with Crippen LogP contribution in [0.5, 0.6) is 0 Å². The maximum absolute atomic E-state index is 12.1. The molecule has 1 aliphatic carbocycles. The van der Waals surface area contributed by atoms with E-state index in [1.54, 1.807) is 12.4 Å². The van der Waals surface area contributed by atoms with Gasteiger partial charge in [0.05, 0.1) is 6.20 Å². The van der Waals surface area contributed by atoms with Gasteiger partial charge in [-0.05, 0) is 31.6 Å². The SMILES string of the molecule is O=C(Cn1ccnn1)NC[C@@H]1CCCN(C(=O)C2CC2)C1. The second-order valence-corrected chi connectivity index (χ2v) is 5.97. The predicted molar refractivity (Wildman–Crippen MR) is 75.1 cm³/mol. The van der Waals surface area contributed by atoms with Gasteiger partial charge in [0.25, 0.3) is 0 Å². The number of rotatable bonds is 5. The maximum Gasteiger partial charge on any atom is 0.241 e. The van der Waals surface area contributed by atoms with Crippen LogP contribution in [0.2, 0.25) is 0 Å². The van der Waals surface area contributed by atoms with Crippen molar-refractivity contribution in [1.29, 1.82) is 0 Å². The number of aromatic nitrogens is 3. The number of carbonyl (C=O) groups is 2. The normalized spacial score (nSPS) is 22.1. The van der Waals surface area contributed by atoms with Gasteiger partial charge in [-0.15, -0.1) is 5.10 Å². The highest BCUT2D eigenvalue weighted by atomic mass is 16.2. The van der Waals surface area contributed by atoms with Crippen LogP contribution in [-0.4, -0.2) is 51.3 Å². The second kappa shape index (κ2) is 6.24. The number of nitrogens with zero attached hydrogens (tertiary/aromatic N) is 4. The minimum atomic E-state index is -0.0638. The van der Waals surface area contributed by atoms with E-state index >= 15 is 0 Å². The van der Waals surface area contributed by atoms with Gasteiger partial charge < -0.3 is 10.2 Å². The van der Waals surface area contributed by atoms with Gasteiger partial charge in [0.1, 0.15) is 6.54 Å². The van der Waals surface area contributed by atoms with E-state index < -0.39 is 0 Å². The smallest absolute Gasteiger partial charge is 0.241 e. The first-order chi connectivity index (χ1) is 10.2. The van der Waals surface area contributed by atoms with Crippen molar-refractivity contribution in [1.82, 2.24) is 25.2 Å². The van der Waals surface area contributed by atoms with E-state index in [0.29, 0.717) is 18.4 Å². The average Bonchev–Trinajstić information content (AvgIpc) is 3.23. The molecule has 2 aliphatic rings. The molecule has 0 unspecified atom stereocenters. The molecule has 1 saturated heterocycles. The lowest BCUT2D eigenvalue weighted by molar-refractivity contribution is -0.134. The molecule has 2 amide bonds. The third-order valence-electron chi connectivity index (χ3n) is 4.12. The molecule has 7 nitrogen and oxygen atoms in total. The Morgan fingerprint density at radius 3 is 2.86 bits per heavy atom. The highest BCUT2D eigenvalue weighted by molar-refractivity contribution is 5.81. The van der Waals surface area contributed by atoms with Crippen molar-refractivity contribution in [2.24, 2.45) is 11.8 Å². The summed E-state index contributed by atoms with van der Waals surface area (Å²) in [5, 5.41) is 10.4. The molecule has 114 valence electrons. The van der Waals surface area contributed by atoms with E-state index in [2.05, 4.69) is 15.6 Å². The molecule has 2 fully saturated rings. The Labute approximate surface area is 123 Å². The van der Waals surface area contributed by atoms with Crippen LogP contribution in [0, 0.1) is 11.8 Å². The van der Waals surface area contributed by atoms with Crippen molar-refractivity contribution in [3.8, 4) is 0 Å². The summed E-state index contributed by atoms with van der Waals surface area (Å²) in [5.41, 5.74) is 0. The highest BCUT2D eigenvalue weighted by Gasteiger charge is 2.35. The summed E-state index contributed by atoms with van der Waals surface area (Å²) < 4.78 is 1.50. The summed E-state index contributed by atoms with van der Waals surface area (Å²) in [5.74, 6) is 0.895. The molecular weight excluding hydrogens is 270 g/mol. The molecule has 0 radical (unpaired) electrons. The highest BCUT2D eigenvalue weighted by Crippen LogP contribution is 2.32. The van der Waals surface area contributed by atoms with Crippen LogP contribution in [0.4, 0.5) is 0 Å². The zero-order valence-electron chi connectivity index (χ0n) is 12.1. The lowest BCUT2D eigenvalue weighted by Gasteiger charge is -2.33. The maximum atomic E-state index is 12.1. The number of hydrogen-bond acceptors (Lipinski definition) is 4. The molecular formula is C14H21N5O2. The molecule has 1 aromatic rings. The quantitative estimate of drug-likeness (QED) is 0.831. The van der Waals surface area contributed by atoms with E-state index in [1.807, 2.05) is 4.90 Å². The van der Waals surface area contributed by atoms with Crippen molar-refractivity contribution < 1.29 is 9.59 Å².